The molecule has 0 spiro atoms. The molecule has 1 fully saturated rings. The Morgan fingerprint density at radius 2 is 2.00 bits per heavy atom. The molecule has 0 N–H and O–H groups in total. The van der Waals surface area contributed by atoms with Crippen molar-refractivity contribution in [3.05, 3.63) is 35.9 Å². The van der Waals surface area contributed by atoms with Gasteiger partial charge in [-0.05, 0) is 31.6 Å². The lowest BCUT2D eigenvalue weighted by molar-refractivity contribution is -0.147. The van der Waals surface area contributed by atoms with Crippen molar-refractivity contribution in [3.8, 4) is 0 Å². The van der Waals surface area contributed by atoms with Gasteiger partial charge in [0.05, 0.1) is 0 Å². The topological polar surface area (TPSA) is 40.6 Å². The van der Waals surface area contributed by atoms with Crippen LogP contribution < -0.4 is 0 Å². The Morgan fingerprint density at radius 1 is 1.30 bits per heavy atom. The van der Waals surface area contributed by atoms with Crippen molar-refractivity contribution >= 4 is 23.6 Å². The van der Waals surface area contributed by atoms with Crippen LogP contribution in [0.1, 0.15) is 37.8 Å². The molecule has 0 radical (unpaired) electrons. The molecule has 1 heterocycles. The van der Waals surface area contributed by atoms with E-state index in [1.165, 1.54) is 0 Å². The molecule has 0 saturated carbocycles. The maximum atomic E-state index is 13.1. The fourth-order valence-electron chi connectivity index (χ4n) is 2.95. The molecule has 1 aliphatic rings. The summed E-state index contributed by atoms with van der Waals surface area (Å²) in [5, 5.41) is 0. The highest BCUT2D eigenvalue weighted by molar-refractivity contribution is 7.98. The van der Waals surface area contributed by atoms with Gasteiger partial charge in [-0.1, -0.05) is 30.3 Å². The Balaban J connectivity index is 2.29. The number of carbonyl (C=O) groups excluding carboxylic acids is 2. The third kappa shape index (κ3) is 4.28. The molecule has 126 valence electrons. The summed E-state index contributed by atoms with van der Waals surface area (Å²) >= 11 is 1.72. The Bertz CT molecular complexity index is 535. The second kappa shape index (κ2) is 8.39. The fraction of sp³-hybridized carbons (Fsp3) is 0.556. The van der Waals surface area contributed by atoms with Gasteiger partial charge in [0.25, 0.3) is 0 Å². The van der Waals surface area contributed by atoms with Gasteiger partial charge < -0.3 is 9.80 Å². The molecule has 1 aliphatic heterocycles. The van der Waals surface area contributed by atoms with Crippen LogP contribution in [-0.2, 0) is 9.59 Å². The van der Waals surface area contributed by atoms with Gasteiger partial charge in [-0.2, -0.15) is 11.8 Å². The first-order chi connectivity index (χ1) is 11.1. The number of likely N-dealkylation sites (tertiary alicyclic amines) is 1. The second-order valence-electron chi connectivity index (χ2n) is 6.11. The van der Waals surface area contributed by atoms with Crippen molar-refractivity contribution < 1.29 is 9.59 Å². The lowest BCUT2D eigenvalue weighted by atomic mass is 9.99. The summed E-state index contributed by atoms with van der Waals surface area (Å²) in [7, 11) is 1.84. The highest BCUT2D eigenvalue weighted by Crippen LogP contribution is 2.28. The SMILES string of the molecule is CSC[C@H](C)N(C)C(=O)[C@@H](c1ccccc1)N1CCCCC1=O. The van der Waals surface area contributed by atoms with E-state index in [-0.39, 0.29) is 17.9 Å². The van der Waals surface area contributed by atoms with Gasteiger partial charge in [0, 0.05) is 31.8 Å². The van der Waals surface area contributed by atoms with E-state index in [0.717, 1.165) is 24.2 Å². The Kier molecular flexibility index (Phi) is 6.51. The first-order valence-corrected chi connectivity index (χ1v) is 9.55. The molecular formula is C18H26N2O2S. The Morgan fingerprint density at radius 3 is 2.61 bits per heavy atom. The molecule has 2 amide bonds. The van der Waals surface area contributed by atoms with Crippen LogP contribution in [-0.4, -0.2) is 53.3 Å². The molecule has 1 aromatic carbocycles. The molecule has 23 heavy (non-hydrogen) atoms. The van der Waals surface area contributed by atoms with E-state index < -0.39 is 6.04 Å². The Labute approximate surface area is 143 Å². The summed E-state index contributed by atoms with van der Waals surface area (Å²) in [5.74, 6) is 0.981. The number of thioether (sulfide) groups is 1. The average Bonchev–Trinajstić information content (AvgIpc) is 2.57. The van der Waals surface area contributed by atoms with Gasteiger partial charge >= 0.3 is 0 Å². The van der Waals surface area contributed by atoms with E-state index in [9.17, 15) is 9.59 Å². The highest BCUT2D eigenvalue weighted by Gasteiger charge is 2.35. The summed E-state index contributed by atoms with van der Waals surface area (Å²) in [6.45, 7) is 2.71. The highest BCUT2D eigenvalue weighted by atomic mass is 32.2. The molecule has 0 unspecified atom stereocenters. The summed E-state index contributed by atoms with van der Waals surface area (Å²) in [5.41, 5.74) is 0.899. The summed E-state index contributed by atoms with van der Waals surface area (Å²) in [6.07, 6.45) is 4.47. The molecule has 2 atom stereocenters. The number of benzene rings is 1. The Hall–Kier alpha value is -1.49. The zero-order valence-electron chi connectivity index (χ0n) is 14.2. The van der Waals surface area contributed by atoms with Crippen molar-refractivity contribution in [3.63, 3.8) is 0 Å². The fourth-order valence-corrected chi connectivity index (χ4v) is 3.66. The standard InChI is InChI=1S/C18H26N2O2S/c1-14(13-23-3)19(2)18(22)17(15-9-5-4-6-10-15)20-12-8-7-11-16(20)21/h4-6,9-10,14,17H,7-8,11-13H2,1-3H3/t14-,17+/m0/s1. The van der Waals surface area contributed by atoms with E-state index in [0.29, 0.717) is 13.0 Å². The molecule has 4 nitrogen and oxygen atoms in total. The monoisotopic (exact) mass is 334 g/mol. The zero-order valence-corrected chi connectivity index (χ0v) is 15.0. The summed E-state index contributed by atoms with van der Waals surface area (Å²) < 4.78 is 0. The smallest absolute Gasteiger partial charge is 0.250 e. The molecular weight excluding hydrogens is 308 g/mol. The van der Waals surface area contributed by atoms with Crippen LogP contribution in [0.3, 0.4) is 0 Å². The minimum atomic E-state index is -0.502. The molecule has 1 aromatic rings. The molecule has 1 saturated heterocycles. The molecule has 0 aliphatic carbocycles. The van der Waals surface area contributed by atoms with Gasteiger partial charge in [-0.25, -0.2) is 0 Å². The van der Waals surface area contributed by atoms with Crippen LogP contribution in [0.5, 0.6) is 0 Å². The normalized spacial score (nSPS) is 17.7. The first-order valence-electron chi connectivity index (χ1n) is 8.16. The lowest BCUT2D eigenvalue weighted by Crippen LogP contribution is -2.48. The number of hydrogen-bond donors (Lipinski definition) is 0. The number of piperidine rings is 1. The van der Waals surface area contributed by atoms with Gasteiger partial charge in [0.15, 0.2) is 0 Å². The van der Waals surface area contributed by atoms with E-state index in [1.807, 2.05) is 43.6 Å². The molecule has 2 rings (SSSR count). The largest absolute Gasteiger partial charge is 0.340 e. The van der Waals surface area contributed by atoms with Crippen molar-refractivity contribution in [1.82, 2.24) is 9.80 Å². The predicted octanol–water partition coefficient (Wildman–Crippen LogP) is 2.95. The van der Waals surface area contributed by atoms with Crippen LogP contribution in [0.4, 0.5) is 0 Å². The van der Waals surface area contributed by atoms with E-state index in [1.54, 1.807) is 21.6 Å². The second-order valence-corrected chi connectivity index (χ2v) is 7.02. The van der Waals surface area contributed by atoms with Gasteiger partial charge in [-0.15, -0.1) is 0 Å². The van der Waals surface area contributed by atoms with Gasteiger partial charge in [0.2, 0.25) is 11.8 Å². The van der Waals surface area contributed by atoms with E-state index >= 15 is 0 Å². The van der Waals surface area contributed by atoms with Crippen LogP contribution >= 0.6 is 11.8 Å². The number of rotatable bonds is 6. The third-order valence-electron chi connectivity index (χ3n) is 4.44. The van der Waals surface area contributed by atoms with Crippen molar-refractivity contribution in [2.45, 2.75) is 38.3 Å². The summed E-state index contributed by atoms with van der Waals surface area (Å²) in [6, 6.07) is 9.31. The number of amides is 2. The predicted molar refractivity (Wildman–Crippen MR) is 95.4 cm³/mol. The van der Waals surface area contributed by atoms with Crippen LogP contribution in [0.2, 0.25) is 0 Å². The number of hydrogen-bond acceptors (Lipinski definition) is 3. The average molecular weight is 334 g/mol. The minimum Gasteiger partial charge on any atom is -0.340 e. The molecule has 5 heteroatoms. The van der Waals surface area contributed by atoms with Crippen molar-refractivity contribution in [1.29, 1.82) is 0 Å². The van der Waals surface area contributed by atoms with Crippen molar-refractivity contribution in [2.75, 3.05) is 25.6 Å². The number of nitrogens with zero attached hydrogens (tertiary/aromatic N) is 2. The van der Waals surface area contributed by atoms with Crippen molar-refractivity contribution in [2.24, 2.45) is 0 Å². The maximum Gasteiger partial charge on any atom is 0.250 e. The minimum absolute atomic E-state index is 0.00741. The van der Waals surface area contributed by atoms with Gasteiger partial charge in [-0.3, -0.25) is 9.59 Å². The number of likely N-dealkylation sites (N-methyl/N-ethyl adjacent to an activating group) is 1. The summed E-state index contributed by atoms with van der Waals surface area (Å²) in [4.78, 5) is 29.1. The van der Waals surface area contributed by atoms with E-state index in [2.05, 4.69) is 6.92 Å². The van der Waals surface area contributed by atoms with Gasteiger partial charge in [0.1, 0.15) is 6.04 Å². The van der Waals surface area contributed by atoms with Crippen LogP contribution in [0.15, 0.2) is 30.3 Å². The molecule has 0 bridgehead atoms. The third-order valence-corrected chi connectivity index (χ3v) is 5.25. The number of carbonyl (C=O) groups is 2. The quantitative estimate of drug-likeness (QED) is 0.803. The molecule has 0 aromatic heterocycles. The van der Waals surface area contributed by atoms with Crippen LogP contribution in [0.25, 0.3) is 0 Å². The maximum absolute atomic E-state index is 13.1. The lowest BCUT2D eigenvalue weighted by Gasteiger charge is -2.37. The first kappa shape index (κ1) is 17.9. The van der Waals surface area contributed by atoms with Crippen LogP contribution in [0, 0.1) is 0 Å². The van der Waals surface area contributed by atoms with E-state index in [4.69, 9.17) is 0 Å². The zero-order chi connectivity index (χ0) is 16.8.